The summed E-state index contributed by atoms with van der Waals surface area (Å²) in [6.45, 7) is 0.390. The van der Waals surface area contributed by atoms with Crippen LogP contribution in [-0.4, -0.2) is 111 Å². The minimum absolute atomic E-state index is 0.0401. The number of nitrogens with zero attached hydrogens (tertiary/aromatic N) is 5. The maximum absolute atomic E-state index is 13.7. The van der Waals surface area contributed by atoms with E-state index in [-0.39, 0.29) is 12.1 Å². The molecule has 3 saturated heterocycles. The lowest BCUT2D eigenvalue weighted by atomic mass is 9.91. The first-order valence-corrected chi connectivity index (χ1v) is 13.6. The molecule has 0 aliphatic carbocycles. The third kappa shape index (κ3) is 5.06. The fourth-order valence-corrected chi connectivity index (χ4v) is 6.14. The number of nitrogens with one attached hydrogen (secondary N) is 1. The van der Waals surface area contributed by atoms with E-state index in [1.807, 2.05) is 12.1 Å². The number of methoxy groups -OCH3 is 1. The van der Waals surface area contributed by atoms with Gasteiger partial charge in [0.05, 0.1) is 26.0 Å². The van der Waals surface area contributed by atoms with Gasteiger partial charge >= 0.3 is 6.09 Å². The molecule has 13 nitrogen and oxygen atoms in total. The summed E-state index contributed by atoms with van der Waals surface area (Å²) in [5.41, 5.74) is 2.31. The van der Waals surface area contributed by atoms with Crippen LogP contribution in [0.2, 0.25) is 0 Å². The summed E-state index contributed by atoms with van der Waals surface area (Å²) in [5, 5.41) is 42.9. The molecule has 222 valence electrons. The molecule has 0 saturated carbocycles. The van der Waals surface area contributed by atoms with Gasteiger partial charge in [0, 0.05) is 36.1 Å². The first-order chi connectivity index (χ1) is 20.3. The van der Waals surface area contributed by atoms with Crippen molar-refractivity contribution in [2.75, 3.05) is 37.0 Å². The molecule has 4 N–H and O–H groups in total. The zero-order valence-corrected chi connectivity index (χ0v) is 22.7. The third-order valence-electron chi connectivity index (χ3n) is 8.23. The summed E-state index contributed by atoms with van der Waals surface area (Å²) in [7, 11) is 1.29. The van der Waals surface area contributed by atoms with Gasteiger partial charge in [0.1, 0.15) is 35.9 Å². The van der Waals surface area contributed by atoms with E-state index >= 15 is 0 Å². The fraction of sp³-hybridized carbons (Fsp3) is 0.429. The third-order valence-corrected chi connectivity index (χ3v) is 8.23. The van der Waals surface area contributed by atoms with E-state index in [0.29, 0.717) is 30.0 Å². The van der Waals surface area contributed by atoms with Crippen LogP contribution >= 0.6 is 0 Å². The highest BCUT2D eigenvalue weighted by atomic mass is 19.1. The predicted molar refractivity (Wildman–Crippen MR) is 146 cm³/mol. The zero-order valence-electron chi connectivity index (χ0n) is 22.7. The van der Waals surface area contributed by atoms with Crippen molar-refractivity contribution in [1.82, 2.24) is 19.9 Å². The number of amides is 2. The van der Waals surface area contributed by atoms with Crippen molar-refractivity contribution in [2.45, 2.75) is 49.0 Å². The molecule has 0 unspecified atom stereocenters. The van der Waals surface area contributed by atoms with Gasteiger partial charge in [-0.25, -0.2) is 13.9 Å². The number of aliphatic hydroxyl groups excluding tert-OH is 3. The Kier molecular flexibility index (Phi) is 7.53. The molecule has 0 spiro atoms. The number of anilines is 2. The van der Waals surface area contributed by atoms with Crippen molar-refractivity contribution in [3.8, 4) is 11.3 Å². The van der Waals surface area contributed by atoms with E-state index in [1.165, 1.54) is 36.2 Å². The molecule has 3 aliphatic rings. The largest absolute Gasteiger partial charge is 0.453 e. The molecule has 3 aliphatic heterocycles. The van der Waals surface area contributed by atoms with Crippen molar-refractivity contribution in [3.05, 3.63) is 60.5 Å². The standard InChI is InChI=1S/C28H31FN6O7/c1-41-28(40)30-17-5-7-18(8-6-17)33-11-20-10-19(33)12-34(20)27(39)26-25(38)23(24(37)22(14-36)42-26)35-13-21(31-32-35)15-3-2-4-16(29)9-15/h2-9,13,19-20,22-26,36-38H,10-12,14H2,1H3,(H,30,40)/t19-,20-,22+,23-,24-,25+,26+/m0/s1. The Balaban J connectivity index is 1.16. The lowest BCUT2D eigenvalue weighted by molar-refractivity contribution is -0.212. The van der Waals surface area contributed by atoms with Crippen LogP contribution in [0.5, 0.6) is 0 Å². The Morgan fingerprint density at radius 2 is 1.90 bits per heavy atom. The molecular formula is C28H31FN6O7. The van der Waals surface area contributed by atoms with E-state index in [1.54, 1.807) is 23.1 Å². The Labute approximate surface area is 240 Å². The minimum Gasteiger partial charge on any atom is -0.453 e. The number of likely N-dealkylation sites (tertiary alicyclic amines) is 1. The lowest BCUT2D eigenvalue weighted by Gasteiger charge is -2.44. The van der Waals surface area contributed by atoms with E-state index < -0.39 is 54.9 Å². The zero-order chi connectivity index (χ0) is 29.5. The van der Waals surface area contributed by atoms with Gasteiger partial charge in [-0.2, -0.15) is 0 Å². The number of fused-ring (bicyclic) bond motifs is 2. The number of rotatable bonds is 6. The molecule has 2 bridgehead atoms. The van der Waals surface area contributed by atoms with E-state index in [9.17, 15) is 29.3 Å². The second kappa shape index (κ2) is 11.3. The van der Waals surface area contributed by atoms with Gasteiger partial charge < -0.3 is 34.6 Å². The molecule has 7 atom stereocenters. The SMILES string of the molecule is COC(=O)Nc1ccc(N2C[C@@H]3C[C@H]2CN3C(=O)[C@@H]2O[C@H](CO)[C@H](O)[C@H](n3cc(-c4cccc(F)c4)nn3)[C@H]2O)cc1. The summed E-state index contributed by atoms with van der Waals surface area (Å²) in [6.07, 6.45) is -3.77. The summed E-state index contributed by atoms with van der Waals surface area (Å²) < 4.78 is 25.3. The molecule has 0 radical (unpaired) electrons. The molecule has 3 aromatic rings. The van der Waals surface area contributed by atoms with Gasteiger partial charge in [-0.15, -0.1) is 5.10 Å². The van der Waals surface area contributed by atoms with E-state index in [0.717, 1.165) is 12.1 Å². The van der Waals surface area contributed by atoms with Crippen LogP contribution < -0.4 is 10.2 Å². The van der Waals surface area contributed by atoms with Gasteiger partial charge in [0.15, 0.2) is 6.10 Å². The molecule has 6 rings (SSSR count). The number of aromatic nitrogens is 3. The van der Waals surface area contributed by atoms with Crippen LogP contribution in [-0.2, 0) is 14.3 Å². The van der Waals surface area contributed by atoms with Crippen LogP contribution in [0.15, 0.2) is 54.7 Å². The average Bonchev–Trinajstić information content (AvgIpc) is 3.74. The quantitative estimate of drug-likeness (QED) is 0.327. The van der Waals surface area contributed by atoms with Crippen molar-refractivity contribution in [1.29, 1.82) is 0 Å². The number of carbonyl (C=O) groups is 2. The van der Waals surface area contributed by atoms with Crippen molar-refractivity contribution in [3.63, 3.8) is 0 Å². The van der Waals surface area contributed by atoms with Crippen LogP contribution in [0.4, 0.5) is 20.6 Å². The fourth-order valence-electron chi connectivity index (χ4n) is 6.14. The molecular weight excluding hydrogens is 551 g/mol. The number of benzene rings is 2. The van der Waals surface area contributed by atoms with Gasteiger partial charge in [-0.1, -0.05) is 17.3 Å². The Bertz CT molecular complexity index is 1450. The predicted octanol–water partition coefficient (Wildman–Crippen LogP) is 0.775. The molecule has 14 heteroatoms. The van der Waals surface area contributed by atoms with Gasteiger partial charge in [0.25, 0.3) is 5.91 Å². The Hall–Kier alpha value is -4.11. The number of ether oxygens (including phenoxy) is 2. The highest BCUT2D eigenvalue weighted by Gasteiger charge is 2.53. The number of aliphatic hydroxyl groups is 3. The van der Waals surface area contributed by atoms with Crippen molar-refractivity contribution >= 4 is 23.4 Å². The Morgan fingerprint density at radius 3 is 2.57 bits per heavy atom. The van der Waals surface area contributed by atoms with Crippen LogP contribution in [0, 0.1) is 5.82 Å². The van der Waals surface area contributed by atoms with Crippen molar-refractivity contribution < 1.29 is 38.8 Å². The minimum atomic E-state index is -1.50. The van der Waals surface area contributed by atoms with Gasteiger partial charge in [-0.05, 0) is 42.8 Å². The summed E-state index contributed by atoms with van der Waals surface area (Å²) in [6, 6.07) is 11.9. The second-order valence-electron chi connectivity index (χ2n) is 10.7. The summed E-state index contributed by atoms with van der Waals surface area (Å²) in [4.78, 5) is 29.1. The van der Waals surface area contributed by atoms with Crippen LogP contribution in [0.1, 0.15) is 12.5 Å². The first kappa shape index (κ1) is 28.0. The smallest absolute Gasteiger partial charge is 0.411 e. The maximum atomic E-state index is 13.7. The first-order valence-electron chi connectivity index (χ1n) is 13.6. The van der Waals surface area contributed by atoms with Crippen LogP contribution in [0.3, 0.4) is 0 Å². The summed E-state index contributed by atoms with van der Waals surface area (Å²) >= 11 is 0. The number of piperazine rings is 1. The van der Waals surface area contributed by atoms with Gasteiger partial charge in [0.2, 0.25) is 0 Å². The molecule has 4 heterocycles. The lowest BCUT2D eigenvalue weighted by Crippen LogP contribution is -2.62. The highest BCUT2D eigenvalue weighted by molar-refractivity contribution is 5.85. The van der Waals surface area contributed by atoms with E-state index in [4.69, 9.17) is 4.74 Å². The molecule has 2 aromatic carbocycles. The normalized spacial score (nSPS) is 28.6. The highest BCUT2D eigenvalue weighted by Crippen LogP contribution is 2.38. The second-order valence-corrected chi connectivity index (χ2v) is 10.7. The molecule has 1 aromatic heterocycles. The summed E-state index contributed by atoms with van der Waals surface area (Å²) in [5.74, 6) is -0.890. The Morgan fingerprint density at radius 1 is 1.12 bits per heavy atom. The van der Waals surface area contributed by atoms with Gasteiger partial charge in [-0.3, -0.25) is 10.1 Å². The maximum Gasteiger partial charge on any atom is 0.411 e. The number of hydrogen-bond acceptors (Lipinski definition) is 10. The number of halogens is 1. The number of hydrogen-bond donors (Lipinski definition) is 4. The number of carbonyl (C=O) groups excluding carboxylic acids is 2. The van der Waals surface area contributed by atoms with Crippen molar-refractivity contribution in [2.24, 2.45) is 0 Å². The molecule has 42 heavy (non-hydrogen) atoms. The average molecular weight is 583 g/mol. The topological polar surface area (TPSA) is 163 Å². The molecule has 2 amide bonds. The van der Waals surface area contributed by atoms with Crippen LogP contribution in [0.25, 0.3) is 11.3 Å². The van der Waals surface area contributed by atoms with E-state index in [2.05, 4.69) is 25.3 Å². The monoisotopic (exact) mass is 582 g/mol. The molecule has 3 fully saturated rings.